The van der Waals surface area contributed by atoms with Gasteiger partial charge in [0.15, 0.2) is 0 Å². The number of carbonyl (C=O) groups excluding carboxylic acids is 1. The molecule has 10 heteroatoms. The lowest BCUT2D eigenvalue weighted by molar-refractivity contribution is -0.122. The molecule has 2 aromatic carbocycles. The van der Waals surface area contributed by atoms with Crippen molar-refractivity contribution in [2.75, 3.05) is 24.4 Å². The highest BCUT2D eigenvalue weighted by molar-refractivity contribution is 7.92. The first-order valence-electron chi connectivity index (χ1n) is 8.71. The van der Waals surface area contributed by atoms with Gasteiger partial charge in [-0.05, 0) is 42.3 Å². The number of rotatable bonds is 6. The number of amides is 1. The summed E-state index contributed by atoms with van der Waals surface area (Å²) >= 11 is 0. The zero-order chi connectivity index (χ0) is 20.4. The SMILES string of the molecule is CCc1ccc(S(=O)(=O)Nc2cccc(S(=O)(=O)N3CCNC(=O)C3)c2)cc1. The van der Waals surface area contributed by atoms with Gasteiger partial charge in [0.1, 0.15) is 0 Å². The number of nitrogens with zero attached hydrogens (tertiary/aromatic N) is 1. The number of hydrogen-bond acceptors (Lipinski definition) is 5. The first kappa shape index (κ1) is 20.3. The summed E-state index contributed by atoms with van der Waals surface area (Å²) in [5.74, 6) is -0.373. The first-order chi connectivity index (χ1) is 13.2. The third-order valence-corrected chi connectivity index (χ3v) is 7.61. The van der Waals surface area contributed by atoms with Crippen LogP contribution in [0.4, 0.5) is 5.69 Å². The second-order valence-electron chi connectivity index (χ2n) is 6.32. The maximum Gasteiger partial charge on any atom is 0.261 e. The van der Waals surface area contributed by atoms with Crippen LogP contribution in [0.5, 0.6) is 0 Å². The monoisotopic (exact) mass is 423 g/mol. The molecule has 1 fully saturated rings. The zero-order valence-corrected chi connectivity index (χ0v) is 16.9. The Labute approximate surface area is 164 Å². The Morgan fingerprint density at radius 3 is 2.39 bits per heavy atom. The fourth-order valence-corrected chi connectivity index (χ4v) is 5.30. The van der Waals surface area contributed by atoms with Crippen LogP contribution in [-0.4, -0.2) is 46.7 Å². The van der Waals surface area contributed by atoms with Crippen LogP contribution in [0.15, 0.2) is 58.3 Å². The van der Waals surface area contributed by atoms with Crippen molar-refractivity contribution in [3.63, 3.8) is 0 Å². The second kappa shape index (κ2) is 7.90. The minimum Gasteiger partial charge on any atom is -0.354 e. The van der Waals surface area contributed by atoms with Crippen molar-refractivity contribution < 1.29 is 21.6 Å². The number of carbonyl (C=O) groups is 1. The van der Waals surface area contributed by atoms with Gasteiger partial charge < -0.3 is 5.32 Å². The maximum atomic E-state index is 12.8. The van der Waals surface area contributed by atoms with E-state index in [9.17, 15) is 21.6 Å². The number of nitrogens with one attached hydrogen (secondary N) is 2. The Kier molecular flexibility index (Phi) is 5.73. The van der Waals surface area contributed by atoms with Crippen molar-refractivity contribution in [3.8, 4) is 0 Å². The van der Waals surface area contributed by atoms with Gasteiger partial charge in [0.2, 0.25) is 15.9 Å². The summed E-state index contributed by atoms with van der Waals surface area (Å²) in [7, 11) is -7.77. The highest BCUT2D eigenvalue weighted by Crippen LogP contribution is 2.22. The molecule has 0 atom stereocenters. The fourth-order valence-electron chi connectivity index (χ4n) is 2.81. The van der Waals surface area contributed by atoms with Gasteiger partial charge in [0.05, 0.1) is 22.0 Å². The Morgan fingerprint density at radius 1 is 1.04 bits per heavy atom. The molecule has 0 saturated carbocycles. The predicted molar refractivity (Wildman–Crippen MR) is 105 cm³/mol. The van der Waals surface area contributed by atoms with Gasteiger partial charge in [-0.1, -0.05) is 25.1 Å². The highest BCUT2D eigenvalue weighted by atomic mass is 32.2. The van der Waals surface area contributed by atoms with Gasteiger partial charge in [0, 0.05) is 13.1 Å². The van der Waals surface area contributed by atoms with E-state index in [1.807, 2.05) is 6.92 Å². The molecule has 0 aromatic heterocycles. The van der Waals surface area contributed by atoms with Gasteiger partial charge in [-0.25, -0.2) is 16.8 Å². The molecular weight excluding hydrogens is 402 g/mol. The van der Waals surface area contributed by atoms with Gasteiger partial charge in [-0.2, -0.15) is 4.31 Å². The standard InChI is InChI=1S/C18H21N3O5S2/c1-2-14-6-8-16(9-7-14)27(23,24)20-15-4-3-5-17(12-15)28(25,26)21-11-10-19-18(22)13-21/h3-9,12,20H,2,10-11,13H2,1H3,(H,19,22). The average molecular weight is 424 g/mol. The number of hydrogen-bond donors (Lipinski definition) is 2. The molecule has 0 bridgehead atoms. The summed E-state index contributed by atoms with van der Waals surface area (Å²) in [5, 5.41) is 2.57. The lowest BCUT2D eigenvalue weighted by Gasteiger charge is -2.26. The summed E-state index contributed by atoms with van der Waals surface area (Å²) < 4.78 is 54.2. The number of sulfonamides is 2. The van der Waals surface area contributed by atoms with Crippen LogP contribution in [0.3, 0.4) is 0 Å². The lowest BCUT2D eigenvalue weighted by Crippen LogP contribution is -2.49. The van der Waals surface area contributed by atoms with E-state index in [2.05, 4.69) is 10.0 Å². The zero-order valence-electron chi connectivity index (χ0n) is 15.3. The quantitative estimate of drug-likeness (QED) is 0.724. The van der Waals surface area contributed by atoms with E-state index in [4.69, 9.17) is 0 Å². The molecule has 28 heavy (non-hydrogen) atoms. The number of anilines is 1. The minimum atomic E-state index is -3.91. The van der Waals surface area contributed by atoms with Crippen molar-refractivity contribution in [2.24, 2.45) is 0 Å². The highest BCUT2D eigenvalue weighted by Gasteiger charge is 2.29. The topological polar surface area (TPSA) is 113 Å². The molecule has 8 nitrogen and oxygen atoms in total. The van der Waals surface area contributed by atoms with Crippen LogP contribution in [-0.2, 0) is 31.3 Å². The van der Waals surface area contributed by atoms with Crippen LogP contribution in [0, 0.1) is 0 Å². The number of aryl methyl sites for hydroxylation is 1. The molecule has 1 heterocycles. The molecule has 2 N–H and O–H groups in total. The molecule has 1 amide bonds. The number of benzene rings is 2. The summed E-state index contributed by atoms with van der Waals surface area (Å²) in [5.41, 5.74) is 1.14. The van der Waals surface area contributed by atoms with E-state index in [0.717, 1.165) is 16.3 Å². The number of piperazine rings is 1. The molecule has 1 aliphatic rings. The minimum absolute atomic E-state index is 0.0799. The summed E-state index contributed by atoms with van der Waals surface area (Å²) in [4.78, 5) is 11.5. The summed E-state index contributed by atoms with van der Waals surface area (Å²) in [6.45, 7) is 2.10. The largest absolute Gasteiger partial charge is 0.354 e. The van der Waals surface area contributed by atoms with Crippen LogP contribution in [0.1, 0.15) is 12.5 Å². The normalized spacial score (nSPS) is 15.8. The average Bonchev–Trinajstić information content (AvgIpc) is 2.68. The second-order valence-corrected chi connectivity index (χ2v) is 9.94. The van der Waals surface area contributed by atoms with Gasteiger partial charge in [-0.15, -0.1) is 0 Å². The van der Waals surface area contributed by atoms with Crippen molar-refractivity contribution in [2.45, 2.75) is 23.1 Å². The predicted octanol–water partition coefficient (Wildman–Crippen LogP) is 1.17. The molecular formula is C18H21N3O5S2. The molecule has 150 valence electrons. The summed E-state index contributed by atoms with van der Waals surface area (Å²) in [6.07, 6.45) is 0.794. The first-order valence-corrected chi connectivity index (χ1v) is 11.6. The fraction of sp³-hybridized carbons (Fsp3) is 0.278. The van der Waals surface area contributed by atoms with E-state index in [1.54, 1.807) is 12.1 Å². The molecule has 1 saturated heterocycles. The third kappa shape index (κ3) is 4.34. The smallest absolute Gasteiger partial charge is 0.261 e. The van der Waals surface area contributed by atoms with Crippen molar-refractivity contribution in [1.29, 1.82) is 0 Å². The Hall–Kier alpha value is -2.43. The molecule has 0 spiro atoms. The van der Waals surface area contributed by atoms with Crippen LogP contribution in [0.2, 0.25) is 0 Å². The van der Waals surface area contributed by atoms with Crippen LogP contribution in [0.25, 0.3) is 0 Å². The molecule has 0 aliphatic carbocycles. The van der Waals surface area contributed by atoms with Gasteiger partial charge in [-0.3, -0.25) is 9.52 Å². The Morgan fingerprint density at radius 2 is 1.75 bits per heavy atom. The third-order valence-electron chi connectivity index (χ3n) is 4.37. The van der Waals surface area contributed by atoms with Crippen molar-refractivity contribution in [1.82, 2.24) is 9.62 Å². The van der Waals surface area contributed by atoms with E-state index in [-0.39, 0.29) is 41.0 Å². The van der Waals surface area contributed by atoms with Gasteiger partial charge in [0.25, 0.3) is 10.0 Å². The van der Waals surface area contributed by atoms with Crippen LogP contribution < -0.4 is 10.0 Å². The molecule has 2 aromatic rings. The molecule has 3 rings (SSSR count). The Bertz CT molecular complexity index is 1080. The lowest BCUT2D eigenvalue weighted by atomic mass is 10.2. The van der Waals surface area contributed by atoms with E-state index >= 15 is 0 Å². The Balaban J connectivity index is 1.85. The van der Waals surface area contributed by atoms with E-state index in [0.29, 0.717) is 0 Å². The van der Waals surface area contributed by atoms with E-state index in [1.165, 1.54) is 36.4 Å². The molecule has 1 aliphatic heterocycles. The van der Waals surface area contributed by atoms with Crippen molar-refractivity contribution >= 4 is 31.6 Å². The summed E-state index contributed by atoms with van der Waals surface area (Å²) in [6, 6.07) is 12.0. The van der Waals surface area contributed by atoms with Crippen molar-refractivity contribution in [3.05, 3.63) is 54.1 Å². The molecule has 0 unspecified atom stereocenters. The van der Waals surface area contributed by atoms with Gasteiger partial charge >= 0.3 is 0 Å². The molecule has 0 radical (unpaired) electrons. The maximum absolute atomic E-state index is 12.8. The van der Waals surface area contributed by atoms with E-state index < -0.39 is 20.0 Å². The van der Waals surface area contributed by atoms with Crippen LogP contribution >= 0.6 is 0 Å².